The molecule has 6 nitrogen and oxygen atoms in total. The maximum absolute atomic E-state index is 12.5. The predicted molar refractivity (Wildman–Crippen MR) is 75.1 cm³/mol. The van der Waals surface area contributed by atoms with Gasteiger partial charge in [0.1, 0.15) is 5.75 Å². The number of carbonyl (C=O) groups excluding carboxylic acids is 1. The van der Waals surface area contributed by atoms with Gasteiger partial charge in [-0.3, -0.25) is 4.79 Å². The Morgan fingerprint density at radius 1 is 1.43 bits per heavy atom. The lowest BCUT2D eigenvalue weighted by Crippen LogP contribution is -2.28. The molecule has 1 unspecified atom stereocenters. The molecule has 1 fully saturated rings. The minimum Gasteiger partial charge on any atom is -0.507 e. The van der Waals surface area contributed by atoms with Gasteiger partial charge in [0.2, 0.25) is 5.89 Å². The summed E-state index contributed by atoms with van der Waals surface area (Å²) in [6.07, 6.45) is 0.803. The molecule has 6 heteroatoms. The standard InChI is InChI=1S/C15H17N3O3/c1-9-4-3-5-12(13(9)19)15(20)18-7-6-11(8-18)14-16-10(2)21-17-14/h3-5,11,19H,6-8H2,1-2H3. The average molecular weight is 287 g/mol. The molecule has 2 aromatic rings. The van der Waals surface area contributed by atoms with Crippen molar-refractivity contribution in [3.8, 4) is 5.75 Å². The normalized spacial score (nSPS) is 18.2. The van der Waals surface area contributed by atoms with E-state index in [1.165, 1.54) is 0 Å². The third kappa shape index (κ3) is 2.49. The van der Waals surface area contributed by atoms with Crippen LogP contribution >= 0.6 is 0 Å². The number of likely N-dealkylation sites (tertiary alicyclic amines) is 1. The van der Waals surface area contributed by atoms with Crippen molar-refractivity contribution < 1.29 is 14.4 Å². The van der Waals surface area contributed by atoms with Crippen LogP contribution in [0.3, 0.4) is 0 Å². The van der Waals surface area contributed by atoms with Crippen LogP contribution in [0, 0.1) is 13.8 Å². The van der Waals surface area contributed by atoms with E-state index in [1.54, 1.807) is 36.9 Å². The van der Waals surface area contributed by atoms with E-state index in [0.29, 0.717) is 35.9 Å². The fourth-order valence-electron chi connectivity index (χ4n) is 2.64. The summed E-state index contributed by atoms with van der Waals surface area (Å²) in [5.41, 5.74) is 1.05. The monoisotopic (exact) mass is 287 g/mol. The first-order chi connectivity index (χ1) is 10.1. The van der Waals surface area contributed by atoms with Crippen LogP contribution in [0.25, 0.3) is 0 Å². The number of phenols is 1. The van der Waals surface area contributed by atoms with Gasteiger partial charge >= 0.3 is 0 Å². The van der Waals surface area contributed by atoms with Crippen LogP contribution in [0.4, 0.5) is 0 Å². The van der Waals surface area contributed by atoms with Crippen LogP contribution in [-0.2, 0) is 0 Å². The van der Waals surface area contributed by atoms with Gasteiger partial charge in [0, 0.05) is 25.9 Å². The molecule has 21 heavy (non-hydrogen) atoms. The summed E-state index contributed by atoms with van der Waals surface area (Å²) in [5, 5.41) is 13.9. The van der Waals surface area contributed by atoms with Crippen molar-refractivity contribution in [2.24, 2.45) is 0 Å². The number of amides is 1. The molecule has 0 aliphatic carbocycles. The Bertz CT molecular complexity index is 681. The third-order valence-electron chi connectivity index (χ3n) is 3.85. The second kappa shape index (κ2) is 5.20. The number of aromatic nitrogens is 2. The van der Waals surface area contributed by atoms with E-state index >= 15 is 0 Å². The Hall–Kier alpha value is -2.37. The second-order valence-electron chi connectivity index (χ2n) is 5.38. The molecule has 0 spiro atoms. The summed E-state index contributed by atoms with van der Waals surface area (Å²) in [5.74, 6) is 1.18. The Kier molecular flexibility index (Phi) is 3.37. The molecular weight excluding hydrogens is 270 g/mol. The summed E-state index contributed by atoms with van der Waals surface area (Å²) in [6.45, 7) is 4.70. The molecule has 110 valence electrons. The second-order valence-corrected chi connectivity index (χ2v) is 5.38. The number of benzene rings is 1. The first-order valence-electron chi connectivity index (χ1n) is 6.94. The molecule has 1 atom stereocenters. The summed E-state index contributed by atoms with van der Waals surface area (Å²) in [4.78, 5) is 18.5. The fourth-order valence-corrected chi connectivity index (χ4v) is 2.64. The third-order valence-corrected chi connectivity index (χ3v) is 3.85. The maximum atomic E-state index is 12.5. The van der Waals surface area contributed by atoms with Gasteiger partial charge in [-0.2, -0.15) is 4.98 Å². The lowest BCUT2D eigenvalue weighted by atomic mass is 10.1. The maximum Gasteiger partial charge on any atom is 0.257 e. The zero-order valence-corrected chi connectivity index (χ0v) is 12.0. The predicted octanol–water partition coefficient (Wildman–Crippen LogP) is 2.02. The van der Waals surface area contributed by atoms with Crippen molar-refractivity contribution in [1.82, 2.24) is 15.0 Å². The van der Waals surface area contributed by atoms with Crippen molar-refractivity contribution in [2.75, 3.05) is 13.1 Å². The number of aromatic hydroxyl groups is 1. The van der Waals surface area contributed by atoms with Crippen molar-refractivity contribution in [3.05, 3.63) is 41.0 Å². The first-order valence-corrected chi connectivity index (χ1v) is 6.94. The lowest BCUT2D eigenvalue weighted by molar-refractivity contribution is 0.0787. The molecule has 1 amide bonds. The smallest absolute Gasteiger partial charge is 0.257 e. The highest BCUT2D eigenvalue weighted by atomic mass is 16.5. The van der Waals surface area contributed by atoms with Crippen molar-refractivity contribution in [3.63, 3.8) is 0 Å². The van der Waals surface area contributed by atoms with Crippen LogP contribution in [0.15, 0.2) is 22.7 Å². The van der Waals surface area contributed by atoms with E-state index in [2.05, 4.69) is 10.1 Å². The van der Waals surface area contributed by atoms with Crippen LogP contribution in [-0.4, -0.2) is 39.1 Å². The van der Waals surface area contributed by atoms with E-state index < -0.39 is 0 Å². The Morgan fingerprint density at radius 2 is 2.24 bits per heavy atom. The van der Waals surface area contributed by atoms with Gasteiger partial charge < -0.3 is 14.5 Å². The lowest BCUT2D eigenvalue weighted by Gasteiger charge is -2.17. The number of hydrogen-bond donors (Lipinski definition) is 1. The molecule has 1 aromatic heterocycles. The van der Waals surface area contributed by atoms with E-state index in [9.17, 15) is 9.90 Å². The van der Waals surface area contributed by atoms with Crippen molar-refractivity contribution in [2.45, 2.75) is 26.2 Å². The van der Waals surface area contributed by atoms with E-state index in [0.717, 1.165) is 6.42 Å². The molecular formula is C15H17N3O3. The minimum atomic E-state index is -0.154. The van der Waals surface area contributed by atoms with Crippen LogP contribution in [0.2, 0.25) is 0 Å². The number of hydrogen-bond acceptors (Lipinski definition) is 5. The Morgan fingerprint density at radius 3 is 2.95 bits per heavy atom. The van der Waals surface area contributed by atoms with E-state index in [1.807, 2.05) is 0 Å². The van der Waals surface area contributed by atoms with Gasteiger partial charge in [-0.1, -0.05) is 17.3 Å². The largest absolute Gasteiger partial charge is 0.507 e. The first kappa shape index (κ1) is 13.6. The fraction of sp³-hybridized carbons (Fsp3) is 0.400. The number of para-hydroxylation sites is 1. The highest BCUT2D eigenvalue weighted by Crippen LogP contribution is 2.29. The zero-order chi connectivity index (χ0) is 15.0. The van der Waals surface area contributed by atoms with Gasteiger partial charge in [0.25, 0.3) is 5.91 Å². The summed E-state index contributed by atoms with van der Waals surface area (Å²) < 4.78 is 4.99. The molecule has 2 heterocycles. The minimum absolute atomic E-state index is 0.0568. The molecule has 1 aromatic carbocycles. The summed E-state index contributed by atoms with van der Waals surface area (Å²) in [7, 11) is 0. The molecule has 0 radical (unpaired) electrons. The molecule has 1 aliphatic heterocycles. The number of rotatable bonds is 2. The molecule has 3 rings (SSSR count). The highest BCUT2D eigenvalue weighted by Gasteiger charge is 2.31. The quantitative estimate of drug-likeness (QED) is 0.914. The topological polar surface area (TPSA) is 79.5 Å². The SMILES string of the molecule is Cc1nc(C2CCN(C(=O)c3cccc(C)c3O)C2)no1. The van der Waals surface area contributed by atoms with Crippen molar-refractivity contribution in [1.29, 1.82) is 0 Å². The molecule has 0 bridgehead atoms. The number of phenolic OH excluding ortho intramolecular Hbond substituents is 1. The zero-order valence-electron chi connectivity index (χ0n) is 12.0. The van der Waals surface area contributed by atoms with E-state index in [-0.39, 0.29) is 17.6 Å². The summed E-state index contributed by atoms with van der Waals surface area (Å²) >= 11 is 0. The van der Waals surface area contributed by atoms with E-state index in [4.69, 9.17) is 4.52 Å². The van der Waals surface area contributed by atoms with Gasteiger partial charge in [-0.15, -0.1) is 0 Å². The number of nitrogens with zero attached hydrogens (tertiary/aromatic N) is 3. The molecule has 1 aliphatic rings. The molecule has 0 saturated carbocycles. The summed E-state index contributed by atoms with van der Waals surface area (Å²) in [6, 6.07) is 5.20. The van der Waals surface area contributed by atoms with Crippen LogP contribution in [0.5, 0.6) is 5.75 Å². The highest BCUT2D eigenvalue weighted by molar-refractivity contribution is 5.97. The van der Waals surface area contributed by atoms with Crippen LogP contribution < -0.4 is 0 Å². The average Bonchev–Trinajstić information content (AvgIpc) is 3.09. The van der Waals surface area contributed by atoms with Gasteiger partial charge in [-0.05, 0) is 25.0 Å². The number of carbonyl (C=O) groups is 1. The molecule has 1 N–H and O–H groups in total. The van der Waals surface area contributed by atoms with Crippen molar-refractivity contribution >= 4 is 5.91 Å². The van der Waals surface area contributed by atoms with Gasteiger partial charge in [-0.25, -0.2) is 0 Å². The van der Waals surface area contributed by atoms with Gasteiger partial charge in [0.05, 0.1) is 5.56 Å². The number of aryl methyl sites for hydroxylation is 2. The Labute approximate surface area is 122 Å². The van der Waals surface area contributed by atoms with Gasteiger partial charge in [0.15, 0.2) is 5.82 Å². The Balaban J connectivity index is 1.77. The molecule has 1 saturated heterocycles. The van der Waals surface area contributed by atoms with Crippen LogP contribution in [0.1, 0.15) is 40.0 Å².